The van der Waals surface area contributed by atoms with Gasteiger partial charge in [-0.1, -0.05) is 0 Å². The second kappa shape index (κ2) is 13.3. The predicted molar refractivity (Wildman–Crippen MR) is 128 cm³/mol. The molecular formula is C20H31I2NO6. The van der Waals surface area contributed by atoms with Crippen LogP contribution in [0, 0.1) is 7.14 Å². The molecule has 0 fully saturated rings. The molecule has 29 heavy (non-hydrogen) atoms. The molecule has 1 rings (SSSR count). The van der Waals surface area contributed by atoms with Crippen LogP contribution in [-0.2, 0) is 19.0 Å². The highest BCUT2D eigenvalue weighted by atomic mass is 127. The Labute approximate surface area is 200 Å². The zero-order chi connectivity index (χ0) is 22.0. The van der Waals surface area contributed by atoms with Gasteiger partial charge in [0.2, 0.25) is 0 Å². The van der Waals surface area contributed by atoms with E-state index in [9.17, 15) is 9.90 Å². The molecule has 0 heterocycles. The Balaban J connectivity index is 3.12. The Morgan fingerprint density at radius 2 is 1.93 bits per heavy atom. The topological polar surface area (TPSA) is 86.3 Å². The minimum atomic E-state index is -0.571. The van der Waals surface area contributed by atoms with Crippen LogP contribution in [0.5, 0.6) is 5.75 Å². The number of halogens is 2. The molecule has 0 saturated carbocycles. The van der Waals surface area contributed by atoms with Crippen molar-refractivity contribution in [1.82, 2.24) is 5.32 Å². The van der Waals surface area contributed by atoms with Crippen LogP contribution in [0.3, 0.4) is 0 Å². The summed E-state index contributed by atoms with van der Waals surface area (Å²) in [6.45, 7) is 8.29. The van der Waals surface area contributed by atoms with Gasteiger partial charge in [-0.05, 0) is 85.0 Å². The number of hydrogen-bond donors (Lipinski definition) is 2. The number of methoxy groups -OCH3 is 1. The van der Waals surface area contributed by atoms with Crippen LogP contribution in [0.15, 0.2) is 12.1 Å². The van der Waals surface area contributed by atoms with Crippen LogP contribution in [0.25, 0.3) is 0 Å². The van der Waals surface area contributed by atoms with Crippen molar-refractivity contribution in [2.45, 2.75) is 51.8 Å². The third-order valence-corrected chi connectivity index (χ3v) is 5.11. The molecule has 0 bridgehead atoms. The molecule has 1 aromatic carbocycles. The van der Waals surface area contributed by atoms with Crippen LogP contribution < -0.4 is 10.1 Å². The Morgan fingerprint density at radius 3 is 2.52 bits per heavy atom. The number of aliphatic hydroxyl groups excluding tert-OH is 1. The quantitative estimate of drug-likeness (QED) is 0.157. The fourth-order valence-electron chi connectivity index (χ4n) is 2.50. The summed E-state index contributed by atoms with van der Waals surface area (Å²) in [4.78, 5) is 12.5. The maximum absolute atomic E-state index is 12.5. The number of benzene rings is 1. The summed E-state index contributed by atoms with van der Waals surface area (Å²) in [5.41, 5.74) is 0.251. The number of ether oxygens (including phenoxy) is 4. The average molecular weight is 635 g/mol. The summed E-state index contributed by atoms with van der Waals surface area (Å²) in [5.74, 6) is 0.325. The van der Waals surface area contributed by atoms with Crippen LogP contribution in [0.4, 0.5) is 0 Å². The molecule has 0 amide bonds. The van der Waals surface area contributed by atoms with E-state index in [0.717, 1.165) is 12.7 Å². The molecule has 9 heteroatoms. The third kappa shape index (κ3) is 10.6. The largest absolute Gasteiger partial charge is 0.466 e. The average Bonchev–Trinajstić information content (AvgIpc) is 2.60. The Bertz CT molecular complexity index is 651. The van der Waals surface area contributed by atoms with Crippen molar-refractivity contribution in [3.8, 4) is 5.75 Å². The van der Waals surface area contributed by atoms with Crippen molar-refractivity contribution < 1.29 is 28.8 Å². The first-order chi connectivity index (χ1) is 13.6. The van der Waals surface area contributed by atoms with Gasteiger partial charge in [-0.15, -0.1) is 0 Å². The molecule has 1 unspecified atom stereocenters. The zero-order valence-electron chi connectivity index (χ0n) is 17.6. The van der Waals surface area contributed by atoms with Gasteiger partial charge < -0.3 is 29.4 Å². The van der Waals surface area contributed by atoms with Crippen LogP contribution >= 0.6 is 45.2 Å². The van der Waals surface area contributed by atoms with E-state index < -0.39 is 5.60 Å². The number of aliphatic hydroxyl groups is 1. The highest BCUT2D eigenvalue weighted by molar-refractivity contribution is 14.1. The number of carbonyl (C=O) groups excluding carboxylic acids is 1. The normalized spacial score (nSPS) is 13.8. The lowest BCUT2D eigenvalue weighted by Crippen LogP contribution is -2.36. The van der Waals surface area contributed by atoms with Crippen LogP contribution in [0.2, 0.25) is 0 Å². The molecule has 7 nitrogen and oxygen atoms in total. The van der Waals surface area contributed by atoms with Gasteiger partial charge >= 0.3 is 5.97 Å². The number of carbonyl (C=O) groups is 1. The van der Waals surface area contributed by atoms with Crippen molar-refractivity contribution in [2.75, 3.05) is 33.7 Å². The highest BCUT2D eigenvalue weighted by Gasteiger charge is 2.26. The molecule has 2 N–H and O–H groups in total. The summed E-state index contributed by atoms with van der Waals surface area (Å²) in [6, 6.07) is 3.38. The molecule has 0 aliphatic carbocycles. The first-order valence-corrected chi connectivity index (χ1v) is 11.5. The van der Waals surface area contributed by atoms with E-state index in [1.807, 2.05) is 39.8 Å². The van der Waals surface area contributed by atoms with E-state index in [0.29, 0.717) is 19.0 Å². The molecule has 0 spiro atoms. The van der Waals surface area contributed by atoms with E-state index in [1.54, 1.807) is 7.11 Å². The van der Waals surface area contributed by atoms with E-state index in [-0.39, 0.29) is 37.9 Å². The zero-order valence-corrected chi connectivity index (χ0v) is 21.9. The standard InChI is InChI=1S/C20H31I2NO6/c1-13(11-24)23-17(10-18(25)29-20(2,3)4)15-8-14(21)9-16(22)19(15)28-12-27-7-6-26-5/h8-9,13,17,23-24H,6-7,10-12H2,1-5H3/t13?,17-/m0/s1. The number of esters is 1. The maximum Gasteiger partial charge on any atom is 0.308 e. The molecule has 0 saturated heterocycles. The number of nitrogens with one attached hydrogen (secondary N) is 1. The monoisotopic (exact) mass is 635 g/mol. The fraction of sp³-hybridized carbons (Fsp3) is 0.650. The smallest absolute Gasteiger partial charge is 0.308 e. The van der Waals surface area contributed by atoms with Crippen molar-refractivity contribution in [3.05, 3.63) is 24.8 Å². The first-order valence-electron chi connectivity index (χ1n) is 9.34. The first kappa shape index (κ1) is 26.8. The van der Waals surface area contributed by atoms with E-state index in [1.165, 1.54) is 0 Å². The van der Waals surface area contributed by atoms with Gasteiger partial charge in [0.1, 0.15) is 11.4 Å². The molecule has 0 aliphatic rings. The van der Waals surface area contributed by atoms with Gasteiger partial charge in [0, 0.05) is 28.3 Å². The molecule has 2 atom stereocenters. The Kier molecular flexibility index (Phi) is 12.3. The second-order valence-electron chi connectivity index (χ2n) is 7.56. The van der Waals surface area contributed by atoms with Gasteiger partial charge in [0.05, 0.1) is 29.8 Å². The predicted octanol–water partition coefficient (Wildman–Crippen LogP) is 3.64. The summed E-state index contributed by atoms with van der Waals surface area (Å²) in [5, 5.41) is 12.8. The maximum atomic E-state index is 12.5. The van der Waals surface area contributed by atoms with Crippen molar-refractivity contribution in [2.24, 2.45) is 0 Å². The summed E-state index contributed by atoms with van der Waals surface area (Å²) in [7, 11) is 1.61. The minimum Gasteiger partial charge on any atom is -0.466 e. The van der Waals surface area contributed by atoms with Gasteiger partial charge in [0.15, 0.2) is 6.79 Å². The third-order valence-electron chi connectivity index (χ3n) is 3.68. The van der Waals surface area contributed by atoms with Crippen molar-refractivity contribution in [3.63, 3.8) is 0 Å². The van der Waals surface area contributed by atoms with E-state index in [2.05, 4.69) is 50.5 Å². The molecule has 166 valence electrons. The lowest BCUT2D eigenvalue weighted by Gasteiger charge is -2.27. The van der Waals surface area contributed by atoms with Gasteiger partial charge in [0.25, 0.3) is 0 Å². The van der Waals surface area contributed by atoms with Crippen molar-refractivity contribution in [1.29, 1.82) is 0 Å². The van der Waals surface area contributed by atoms with Crippen molar-refractivity contribution >= 4 is 51.2 Å². The van der Waals surface area contributed by atoms with E-state index >= 15 is 0 Å². The number of hydrogen-bond acceptors (Lipinski definition) is 7. The minimum absolute atomic E-state index is 0.0534. The lowest BCUT2D eigenvalue weighted by atomic mass is 10.0. The number of rotatable bonds is 12. The van der Waals surface area contributed by atoms with Gasteiger partial charge in [-0.25, -0.2) is 0 Å². The van der Waals surface area contributed by atoms with Gasteiger partial charge in [-0.3, -0.25) is 4.79 Å². The lowest BCUT2D eigenvalue weighted by molar-refractivity contribution is -0.155. The van der Waals surface area contributed by atoms with Crippen LogP contribution in [-0.4, -0.2) is 56.4 Å². The second-order valence-corrected chi connectivity index (χ2v) is 9.97. The SMILES string of the molecule is COCCOCOc1c(I)cc(I)cc1[C@H](CC(=O)OC(C)(C)C)NC(C)CO. The molecule has 1 aromatic rings. The molecular weight excluding hydrogens is 604 g/mol. The molecule has 0 aliphatic heterocycles. The Hall–Kier alpha value is -0.210. The summed E-state index contributed by atoms with van der Waals surface area (Å²) >= 11 is 4.44. The summed E-state index contributed by atoms with van der Waals surface area (Å²) < 4.78 is 23.7. The van der Waals surface area contributed by atoms with Gasteiger partial charge in [-0.2, -0.15) is 0 Å². The molecule has 0 aromatic heterocycles. The molecule has 0 radical (unpaired) electrons. The highest BCUT2D eigenvalue weighted by Crippen LogP contribution is 2.35. The fourth-order valence-corrected chi connectivity index (χ4v) is 4.54. The summed E-state index contributed by atoms with van der Waals surface area (Å²) in [6.07, 6.45) is 0.110. The Morgan fingerprint density at radius 1 is 1.24 bits per heavy atom. The van der Waals surface area contributed by atoms with E-state index in [4.69, 9.17) is 18.9 Å². The van der Waals surface area contributed by atoms with Crippen LogP contribution in [0.1, 0.15) is 45.7 Å².